The lowest BCUT2D eigenvalue weighted by atomic mass is 9.98. The van der Waals surface area contributed by atoms with Gasteiger partial charge in [0, 0.05) is 12.8 Å². The summed E-state index contributed by atoms with van der Waals surface area (Å²) in [6.07, 6.45) is 26.7. The maximum atomic E-state index is 13.0. The maximum Gasteiger partial charge on any atom is 0.306 e. The van der Waals surface area contributed by atoms with Gasteiger partial charge in [-0.1, -0.05) is 193 Å². The van der Waals surface area contributed by atoms with E-state index in [4.69, 9.17) is 28.4 Å². The van der Waals surface area contributed by atoms with E-state index in [0.29, 0.717) is 12.8 Å². The third-order valence-corrected chi connectivity index (χ3v) is 13.7. The van der Waals surface area contributed by atoms with Crippen molar-refractivity contribution < 1.29 is 73.8 Å². The average Bonchev–Trinajstić information content (AvgIpc) is 3.35. The van der Waals surface area contributed by atoms with Crippen LogP contribution < -0.4 is 0 Å². The zero-order valence-electron chi connectivity index (χ0n) is 43.8. The Morgan fingerprint density at radius 2 is 0.814 bits per heavy atom. The first-order valence-electron chi connectivity index (χ1n) is 28.3. The summed E-state index contributed by atoms with van der Waals surface area (Å²) < 4.78 is 33.6. The molecule has 11 unspecified atom stereocenters. The fraction of sp³-hybridized carbons (Fsp3) is 0.927. The number of rotatable bonds is 45. The number of hydrogen-bond donors (Lipinski definition) is 7. The van der Waals surface area contributed by atoms with E-state index in [1.807, 2.05) is 0 Å². The van der Waals surface area contributed by atoms with Gasteiger partial charge in [-0.2, -0.15) is 0 Å². The third-order valence-electron chi connectivity index (χ3n) is 13.7. The third kappa shape index (κ3) is 29.8. The summed E-state index contributed by atoms with van der Waals surface area (Å²) in [5.74, 6) is -0.921. The molecular formula is C55H102O15. The van der Waals surface area contributed by atoms with Gasteiger partial charge < -0.3 is 64.2 Å². The first-order valence-corrected chi connectivity index (χ1v) is 28.3. The normalized spacial score (nSPS) is 25.4. The Bertz CT molecular complexity index is 1270. The Kier molecular flexibility index (Phi) is 39.1. The smallest absolute Gasteiger partial charge is 0.306 e. The molecule has 2 aliphatic rings. The van der Waals surface area contributed by atoms with Crippen LogP contribution >= 0.6 is 0 Å². The van der Waals surface area contributed by atoms with Gasteiger partial charge in [0.2, 0.25) is 0 Å². The molecule has 0 radical (unpaired) electrons. The van der Waals surface area contributed by atoms with Crippen LogP contribution in [-0.4, -0.2) is 142 Å². The number of unbranched alkanes of at least 4 members (excludes halogenated alkanes) is 29. The summed E-state index contributed by atoms with van der Waals surface area (Å²) >= 11 is 0. The Morgan fingerprint density at radius 3 is 1.26 bits per heavy atom. The van der Waals surface area contributed by atoms with Crippen molar-refractivity contribution >= 4 is 11.9 Å². The van der Waals surface area contributed by atoms with E-state index in [0.717, 1.165) is 57.8 Å². The van der Waals surface area contributed by atoms with Crippen LogP contribution in [0.4, 0.5) is 0 Å². The number of ether oxygens (including phenoxy) is 6. The van der Waals surface area contributed by atoms with E-state index in [1.54, 1.807) is 0 Å². The average molecular weight is 1000 g/mol. The van der Waals surface area contributed by atoms with Gasteiger partial charge in [-0.3, -0.25) is 9.59 Å². The molecule has 2 fully saturated rings. The van der Waals surface area contributed by atoms with Crippen LogP contribution in [-0.2, 0) is 38.0 Å². The molecule has 0 aromatic rings. The number of aliphatic hydroxyl groups is 7. The predicted octanol–water partition coefficient (Wildman–Crippen LogP) is 8.94. The van der Waals surface area contributed by atoms with E-state index >= 15 is 0 Å². The minimum Gasteiger partial charge on any atom is -0.462 e. The molecule has 15 heteroatoms. The van der Waals surface area contributed by atoms with Gasteiger partial charge in [0.05, 0.1) is 19.8 Å². The van der Waals surface area contributed by atoms with Gasteiger partial charge in [0.1, 0.15) is 55.4 Å². The standard InChI is InChI=1S/C55H102O15/c1-3-5-7-9-11-13-15-17-19-20-21-22-23-24-26-27-29-31-33-35-37-46(57)65-40-43(68-47(58)38-36-34-32-30-28-25-18-16-14-12-10-8-6-4-2)41-66-54-53(64)51(62)49(60)45(70-54)42-67-55-52(63)50(61)48(59)44(39-56)69-55/h16,18,43-45,48-56,59-64H,3-15,17,19-42H2,1-2H3/b18-16-. The van der Waals surface area contributed by atoms with E-state index in [1.165, 1.54) is 135 Å². The first kappa shape index (κ1) is 64.4. The highest BCUT2D eigenvalue weighted by atomic mass is 16.7. The molecule has 0 bridgehead atoms. The van der Waals surface area contributed by atoms with E-state index in [9.17, 15) is 45.3 Å². The topological polar surface area (TPSA) is 231 Å². The number of carbonyl (C=O) groups is 2. The van der Waals surface area contributed by atoms with Crippen LogP contribution in [0.5, 0.6) is 0 Å². The molecule has 0 saturated carbocycles. The van der Waals surface area contributed by atoms with E-state index < -0.39 is 92.7 Å². The molecule has 2 aliphatic heterocycles. The first-order chi connectivity index (χ1) is 34.0. The molecule has 70 heavy (non-hydrogen) atoms. The summed E-state index contributed by atoms with van der Waals surface area (Å²) in [6.45, 7) is 2.61. The molecule has 412 valence electrons. The highest BCUT2D eigenvalue weighted by Crippen LogP contribution is 2.27. The molecular weight excluding hydrogens is 901 g/mol. The van der Waals surface area contributed by atoms with Crippen molar-refractivity contribution in [2.24, 2.45) is 0 Å². The number of allylic oxidation sites excluding steroid dienone is 2. The lowest BCUT2D eigenvalue weighted by Gasteiger charge is -2.42. The monoisotopic (exact) mass is 1000 g/mol. The van der Waals surface area contributed by atoms with Gasteiger partial charge in [-0.05, 0) is 38.5 Å². The molecule has 0 aromatic carbocycles. The molecule has 0 amide bonds. The lowest BCUT2D eigenvalue weighted by molar-refractivity contribution is -0.332. The van der Waals surface area contributed by atoms with Crippen LogP contribution in [0.2, 0.25) is 0 Å². The van der Waals surface area contributed by atoms with Crippen molar-refractivity contribution in [3.05, 3.63) is 12.2 Å². The molecule has 2 rings (SSSR count). The van der Waals surface area contributed by atoms with Crippen molar-refractivity contribution in [3.8, 4) is 0 Å². The fourth-order valence-corrected chi connectivity index (χ4v) is 9.10. The van der Waals surface area contributed by atoms with Crippen molar-refractivity contribution in [1.29, 1.82) is 0 Å². The van der Waals surface area contributed by atoms with Crippen molar-refractivity contribution in [3.63, 3.8) is 0 Å². The quantitative estimate of drug-likeness (QED) is 0.0172. The number of hydrogen-bond acceptors (Lipinski definition) is 15. The van der Waals surface area contributed by atoms with Crippen molar-refractivity contribution in [2.45, 2.75) is 300 Å². The number of esters is 2. The maximum absolute atomic E-state index is 13.0. The van der Waals surface area contributed by atoms with Crippen LogP contribution in [0.1, 0.15) is 232 Å². The van der Waals surface area contributed by atoms with Crippen molar-refractivity contribution in [2.75, 3.05) is 26.4 Å². The Balaban J connectivity index is 1.75. The Morgan fingerprint density at radius 1 is 0.443 bits per heavy atom. The molecule has 0 aromatic heterocycles. The molecule has 7 N–H and O–H groups in total. The molecule has 0 spiro atoms. The van der Waals surface area contributed by atoms with Crippen molar-refractivity contribution in [1.82, 2.24) is 0 Å². The minimum absolute atomic E-state index is 0.159. The van der Waals surface area contributed by atoms with Gasteiger partial charge in [-0.15, -0.1) is 0 Å². The van der Waals surface area contributed by atoms with Gasteiger partial charge >= 0.3 is 11.9 Å². The molecule has 0 aliphatic carbocycles. The SMILES string of the molecule is CCCCCCC/C=C\CCCCCCCC(=O)OC(COC(=O)CCCCCCCCCCCCCCCCCCCCCC)COC1OC(COC2OC(CO)C(O)C(O)C2O)C(O)C(O)C1O. The van der Waals surface area contributed by atoms with E-state index in [-0.39, 0.29) is 26.1 Å². The largest absolute Gasteiger partial charge is 0.462 e. The summed E-state index contributed by atoms with van der Waals surface area (Å²) in [6, 6.07) is 0. The molecule has 15 nitrogen and oxygen atoms in total. The van der Waals surface area contributed by atoms with Gasteiger partial charge in [0.15, 0.2) is 18.7 Å². The predicted molar refractivity (Wildman–Crippen MR) is 271 cm³/mol. The summed E-state index contributed by atoms with van der Waals surface area (Å²) in [7, 11) is 0. The highest BCUT2D eigenvalue weighted by molar-refractivity contribution is 5.70. The second-order valence-electron chi connectivity index (χ2n) is 20.1. The second kappa shape index (κ2) is 42.6. The van der Waals surface area contributed by atoms with Gasteiger partial charge in [-0.25, -0.2) is 0 Å². The summed E-state index contributed by atoms with van der Waals surface area (Å²) in [5, 5.41) is 72.2. The number of carbonyl (C=O) groups excluding carboxylic acids is 2. The lowest BCUT2D eigenvalue weighted by Crippen LogP contribution is -2.61. The number of aliphatic hydroxyl groups excluding tert-OH is 7. The molecule has 2 saturated heterocycles. The van der Waals surface area contributed by atoms with E-state index in [2.05, 4.69) is 26.0 Å². The summed E-state index contributed by atoms with van der Waals surface area (Å²) in [5.41, 5.74) is 0. The van der Waals surface area contributed by atoms with Crippen LogP contribution in [0.3, 0.4) is 0 Å². The van der Waals surface area contributed by atoms with Crippen LogP contribution in [0.15, 0.2) is 12.2 Å². The summed E-state index contributed by atoms with van der Waals surface area (Å²) in [4.78, 5) is 25.8. The van der Waals surface area contributed by atoms with Gasteiger partial charge in [0.25, 0.3) is 0 Å². The minimum atomic E-state index is -1.76. The molecule has 2 heterocycles. The zero-order valence-corrected chi connectivity index (χ0v) is 43.8. The Hall–Kier alpha value is -1.76. The van der Waals surface area contributed by atoms with Crippen LogP contribution in [0.25, 0.3) is 0 Å². The zero-order chi connectivity index (χ0) is 51.0. The fourth-order valence-electron chi connectivity index (χ4n) is 9.10. The van der Waals surface area contributed by atoms with Crippen LogP contribution in [0, 0.1) is 0 Å². The highest BCUT2D eigenvalue weighted by Gasteiger charge is 2.47. The Labute approximate surface area is 422 Å². The molecule has 11 atom stereocenters. The second-order valence-corrected chi connectivity index (χ2v) is 20.1.